The number of alkyl halides is 3. The van der Waals surface area contributed by atoms with Crippen molar-refractivity contribution in [2.24, 2.45) is 0 Å². The summed E-state index contributed by atoms with van der Waals surface area (Å²) in [6, 6.07) is 10.2. The van der Waals surface area contributed by atoms with E-state index in [2.05, 4.69) is 25.3 Å². The van der Waals surface area contributed by atoms with Crippen LogP contribution in [0.3, 0.4) is 0 Å². The minimum absolute atomic E-state index is 0.112. The van der Waals surface area contributed by atoms with Crippen LogP contribution in [0.15, 0.2) is 48.5 Å². The molecule has 0 aliphatic carbocycles. The smallest absolute Gasteiger partial charge is 0.406 e. The van der Waals surface area contributed by atoms with Crippen LogP contribution in [-0.2, 0) is 0 Å². The lowest BCUT2D eigenvalue weighted by atomic mass is 10.1. The van der Waals surface area contributed by atoms with Gasteiger partial charge in [-0.05, 0) is 24.3 Å². The van der Waals surface area contributed by atoms with Crippen LogP contribution in [0.4, 0.5) is 39.4 Å². The summed E-state index contributed by atoms with van der Waals surface area (Å²) in [6.07, 6.45) is -4.83. The molecule has 0 fully saturated rings. The molecule has 0 aliphatic heterocycles. The Kier molecular flexibility index (Phi) is 5.30. The number of nitrogens with one attached hydrogen (secondary N) is 2. The molecule has 28 heavy (non-hydrogen) atoms. The van der Waals surface area contributed by atoms with Gasteiger partial charge in [-0.15, -0.1) is 13.2 Å². The first-order valence-corrected chi connectivity index (χ1v) is 7.89. The van der Waals surface area contributed by atoms with Crippen molar-refractivity contribution in [3.63, 3.8) is 0 Å². The summed E-state index contributed by atoms with van der Waals surface area (Å²) in [4.78, 5) is 8.27. The number of anilines is 3. The largest absolute Gasteiger partial charge is 0.573 e. The molecule has 0 atom stereocenters. The van der Waals surface area contributed by atoms with Crippen LogP contribution in [0, 0.1) is 11.6 Å². The molecule has 0 aliphatic rings. The van der Waals surface area contributed by atoms with Gasteiger partial charge in [0.15, 0.2) is 11.6 Å². The van der Waals surface area contributed by atoms with Crippen molar-refractivity contribution in [3.05, 3.63) is 60.2 Å². The predicted octanol–water partition coefficient (Wildman–Crippen LogP) is 5.11. The molecule has 1 heterocycles. The van der Waals surface area contributed by atoms with Crippen LogP contribution >= 0.6 is 0 Å². The normalized spacial score (nSPS) is 11.2. The highest BCUT2D eigenvalue weighted by molar-refractivity contribution is 5.68. The third kappa shape index (κ3) is 4.64. The Morgan fingerprint density at radius 1 is 0.964 bits per heavy atom. The van der Waals surface area contributed by atoms with Crippen molar-refractivity contribution in [1.29, 1.82) is 0 Å². The van der Waals surface area contributed by atoms with Crippen LogP contribution in [0.2, 0.25) is 0 Å². The van der Waals surface area contributed by atoms with E-state index in [1.54, 1.807) is 0 Å². The van der Waals surface area contributed by atoms with Crippen LogP contribution < -0.4 is 15.4 Å². The van der Waals surface area contributed by atoms with Crippen molar-refractivity contribution in [1.82, 2.24) is 9.97 Å². The molecule has 3 aromatic rings. The Hall–Kier alpha value is -3.43. The Morgan fingerprint density at radius 3 is 2.43 bits per heavy atom. The molecule has 1 aromatic heterocycles. The summed E-state index contributed by atoms with van der Waals surface area (Å²) < 4.78 is 68.5. The monoisotopic (exact) mass is 396 g/mol. The summed E-state index contributed by atoms with van der Waals surface area (Å²) in [5.41, 5.74) is 0.399. The van der Waals surface area contributed by atoms with Crippen LogP contribution in [0.5, 0.6) is 5.75 Å². The highest BCUT2D eigenvalue weighted by Gasteiger charge is 2.31. The molecule has 0 saturated carbocycles. The fourth-order valence-electron chi connectivity index (χ4n) is 2.36. The van der Waals surface area contributed by atoms with Gasteiger partial charge in [0.2, 0.25) is 5.95 Å². The van der Waals surface area contributed by atoms with Gasteiger partial charge in [-0.25, -0.2) is 13.8 Å². The zero-order chi connectivity index (χ0) is 20.3. The standard InChI is InChI=1S/C18H13F5N4O/c1-24-17-26-14(10-4-2-5-11(8-10)28-18(21,22)23)9-15(27-17)25-13-7-3-6-12(19)16(13)20/h2-9H,1H3,(H2,24,25,26,27). The van der Waals surface area contributed by atoms with E-state index in [1.807, 2.05) is 0 Å². The number of ether oxygens (including phenoxy) is 1. The molecule has 5 nitrogen and oxygen atoms in total. The quantitative estimate of drug-likeness (QED) is 0.588. The second kappa shape index (κ2) is 7.67. The lowest BCUT2D eigenvalue weighted by Gasteiger charge is -2.12. The second-order valence-corrected chi connectivity index (χ2v) is 5.51. The van der Waals surface area contributed by atoms with E-state index in [1.165, 1.54) is 37.4 Å². The fourth-order valence-corrected chi connectivity index (χ4v) is 2.36. The highest BCUT2D eigenvalue weighted by Crippen LogP contribution is 2.29. The maximum absolute atomic E-state index is 13.9. The van der Waals surface area contributed by atoms with E-state index < -0.39 is 23.7 Å². The summed E-state index contributed by atoms with van der Waals surface area (Å²) in [6.45, 7) is 0. The number of halogens is 5. The van der Waals surface area contributed by atoms with Gasteiger partial charge >= 0.3 is 6.36 Å². The van der Waals surface area contributed by atoms with Gasteiger partial charge in [0.1, 0.15) is 11.6 Å². The van der Waals surface area contributed by atoms with E-state index >= 15 is 0 Å². The Labute approximate surface area is 156 Å². The molecule has 10 heteroatoms. The third-order valence-corrected chi connectivity index (χ3v) is 3.53. The Balaban J connectivity index is 1.98. The zero-order valence-electron chi connectivity index (χ0n) is 14.3. The third-order valence-electron chi connectivity index (χ3n) is 3.53. The Bertz CT molecular complexity index is 994. The summed E-state index contributed by atoms with van der Waals surface area (Å²) >= 11 is 0. The van der Waals surface area contributed by atoms with Crippen molar-refractivity contribution < 1.29 is 26.7 Å². The molecule has 0 unspecified atom stereocenters. The van der Waals surface area contributed by atoms with E-state index in [4.69, 9.17) is 0 Å². The number of rotatable bonds is 5. The van der Waals surface area contributed by atoms with E-state index in [-0.39, 0.29) is 23.1 Å². The number of hydrogen-bond donors (Lipinski definition) is 2. The molecule has 0 radical (unpaired) electrons. The van der Waals surface area contributed by atoms with Gasteiger partial charge in [-0.2, -0.15) is 4.98 Å². The first-order valence-electron chi connectivity index (χ1n) is 7.89. The second-order valence-electron chi connectivity index (χ2n) is 5.51. The molecular weight excluding hydrogens is 383 g/mol. The van der Waals surface area contributed by atoms with E-state index in [0.29, 0.717) is 5.56 Å². The van der Waals surface area contributed by atoms with Crippen LogP contribution in [-0.4, -0.2) is 23.4 Å². The number of benzene rings is 2. The molecule has 2 N–H and O–H groups in total. The minimum atomic E-state index is -4.83. The lowest BCUT2D eigenvalue weighted by molar-refractivity contribution is -0.274. The molecule has 0 saturated heterocycles. The number of nitrogens with zero attached hydrogens (tertiary/aromatic N) is 2. The van der Waals surface area contributed by atoms with Crippen molar-refractivity contribution in [2.75, 3.05) is 17.7 Å². The van der Waals surface area contributed by atoms with Gasteiger partial charge in [0, 0.05) is 18.7 Å². The van der Waals surface area contributed by atoms with E-state index in [0.717, 1.165) is 18.2 Å². The number of aromatic nitrogens is 2. The molecule has 0 amide bonds. The van der Waals surface area contributed by atoms with Gasteiger partial charge in [0.25, 0.3) is 0 Å². The molecular formula is C18H13F5N4O. The highest BCUT2D eigenvalue weighted by atomic mass is 19.4. The van der Waals surface area contributed by atoms with Gasteiger partial charge < -0.3 is 15.4 Å². The summed E-state index contributed by atoms with van der Waals surface area (Å²) in [5, 5.41) is 5.33. The first-order chi connectivity index (χ1) is 13.2. The first kappa shape index (κ1) is 19.3. The molecule has 2 aromatic carbocycles. The average molecular weight is 396 g/mol. The van der Waals surface area contributed by atoms with Crippen molar-refractivity contribution >= 4 is 17.5 Å². The SMILES string of the molecule is CNc1nc(Nc2cccc(F)c2F)cc(-c2cccc(OC(F)(F)F)c2)n1. The topological polar surface area (TPSA) is 59.1 Å². The average Bonchev–Trinajstić information content (AvgIpc) is 2.64. The summed E-state index contributed by atoms with van der Waals surface area (Å²) in [5.74, 6) is -2.31. The van der Waals surface area contributed by atoms with Gasteiger partial charge in [-0.3, -0.25) is 0 Å². The number of hydrogen-bond acceptors (Lipinski definition) is 5. The lowest BCUT2D eigenvalue weighted by Crippen LogP contribution is -2.17. The predicted molar refractivity (Wildman–Crippen MR) is 93.3 cm³/mol. The van der Waals surface area contributed by atoms with E-state index in [9.17, 15) is 22.0 Å². The molecule has 146 valence electrons. The molecule has 0 bridgehead atoms. The van der Waals surface area contributed by atoms with Crippen LogP contribution in [0.1, 0.15) is 0 Å². The van der Waals surface area contributed by atoms with Crippen molar-refractivity contribution in [3.8, 4) is 17.0 Å². The maximum atomic E-state index is 13.9. The van der Waals surface area contributed by atoms with Gasteiger partial charge in [-0.1, -0.05) is 18.2 Å². The maximum Gasteiger partial charge on any atom is 0.573 e. The van der Waals surface area contributed by atoms with Crippen molar-refractivity contribution in [2.45, 2.75) is 6.36 Å². The van der Waals surface area contributed by atoms with Crippen LogP contribution in [0.25, 0.3) is 11.3 Å². The van der Waals surface area contributed by atoms with Gasteiger partial charge in [0.05, 0.1) is 11.4 Å². The Morgan fingerprint density at radius 2 is 1.71 bits per heavy atom. The zero-order valence-corrected chi connectivity index (χ0v) is 14.3. The fraction of sp³-hybridized carbons (Fsp3) is 0.111. The minimum Gasteiger partial charge on any atom is -0.406 e. The molecule has 3 rings (SSSR count). The summed E-state index contributed by atoms with van der Waals surface area (Å²) in [7, 11) is 1.54. The molecule has 0 spiro atoms.